The van der Waals surface area contributed by atoms with Gasteiger partial charge in [-0.1, -0.05) is 6.92 Å². The zero-order chi connectivity index (χ0) is 12.8. The summed E-state index contributed by atoms with van der Waals surface area (Å²) in [5, 5.41) is 11.4. The number of carboxylic acid groups (broad SMARTS) is 1. The van der Waals surface area contributed by atoms with Gasteiger partial charge in [0, 0.05) is 35.3 Å². The Bertz CT molecular complexity index is 289. The Labute approximate surface area is 98.1 Å². The van der Waals surface area contributed by atoms with Crippen molar-refractivity contribution in [2.24, 2.45) is 5.41 Å². The summed E-state index contributed by atoms with van der Waals surface area (Å²) < 4.78 is 11.1. The van der Waals surface area contributed by atoms with Crippen LogP contribution in [0.25, 0.3) is 0 Å². The van der Waals surface area contributed by atoms with E-state index in [9.17, 15) is 13.8 Å². The molecule has 0 aliphatic heterocycles. The molecule has 16 heavy (non-hydrogen) atoms. The van der Waals surface area contributed by atoms with Crippen LogP contribution in [0.2, 0.25) is 0 Å². The molecule has 94 valence electrons. The van der Waals surface area contributed by atoms with E-state index in [0.717, 1.165) is 0 Å². The van der Waals surface area contributed by atoms with E-state index < -0.39 is 22.2 Å². The second-order valence-electron chi connectivity index (χ2n) is 4.15. The van der Waals surface area contributed by atoms with Crippen molar-refractivity contribution in [3.05, 3.63) is 0 Å². The Hall–Kier alpha value is -0.910. The van der Waals surface area contributed by atoms with Crippen LogP contribution >= 0.6 is 0 Å². The third kappa shape index (κ3) is 5.85. The van der Waals surface area contributed by atoms with E-state index in [1.165, 1.54) is 13.8 Å². The lowest BCUT2D eigenvalue weighted by atomic mass is 9.89. The van der Waals surface area contributed by atoms with Gasteiger partial charge in [0.2, 0.25) is 5.91 Å². The van der Waals surface area contributed by atoms with Gasteiger partial charge in [0.15, 0.2) is 0 Å². The Morgan fingerprint density at radius 3 is 2.38 bits per heavy atom. The monoisotopic (exact) mass is 249 g/mol. The number of hydrogen-bond donors (Lipinski definition) is 2. The zero-order valence-electron chi connectivity index (χ0n) is 9.91. The molecule has 6 heteroatoms. The summed E-state index contributed by atoms with van der Waals surface area (Å²) in [6.07, 6.45) is -0.0684. The number of carbonyl (C=O) groups excluding carboxylic acids is 1. The summed E-state index contributed by atoms with van der Waals surface area (Å²) in [7, 11) is -0.906. The van der Waals surface area contributed by atoms with Gasteiger partial charge in [-0.15, -0.1) is 0 Å². The number of rotatable bonds is 7. The van der Waals surface area contributed by atoms with Gasteiger partial charge in [0.1, 0.15) is 0 Å². The molecule has 0 aliphatic rings. The van der Waals surface area contributed by atoms with Crippen LogP contribution in [0, 0.1) is 5.41 Å². The minimum atomic E-state index is -1.06. The summed E-state index contributed by atoms with van der Waals surface area (Å²) in [4.78, 5) is 22.1. The second-order valence-corrected chi connectivity index (χ2v) is 6.01. The number of carbonyl (C=O) groups is 2. The first-order valence-electron chi connectivity index (χ1n) is 5.14. The smallest absolute Gasteiger partial charge is 0.309 e. The maximum absolute atomic E-state index is 11.4. The Morgan fingerprint density at radius 1 is 1.38 bits per heavy atom. The zero-order valence-corrected chi connectivity index (χ0v) is 10.7. The molecule has 0 heterocycles. The lowest BCUT2D eigenvalue weighted by Gasteiger charge is -2.18. The van der Waals surface area contributed by atoms with Crippen LogP contribution in [0.4, 0.5) is 0 Å². The van der Waals surface area contributed by atoms with E-state index in [0.29, 0.717) is 18.1 Å². The highest BCUT2D eigenvalue weighted by molar-refractivity contribution is 7.84. The maximum Gasteiger partial charge on any atom is 0.309 e. The molecule has 0 aliphatic carbocycles. The number of carboxylic acids is 1. The number of aliphatic carboxylic acids is 1. The van der Waals surface area contributed by atoms with Gasteiger partial charge in [-0.3, -0.25) is 13.8 Å². The molecule has 0 rings (SSSR count). The minimum absolute atomic E-state index is 0.0684. The van der Waals surface area contributed by atoms with Crippen LogP contribution in [0.5, 0.6) is 0 Å². The molecule has 0 saturated carbocycles. The highest BCUT2D eigenvalue weighted by Gasteiger charge is 2.29. The Balaban J connectivity index is 3.92. The lowest BCUT2D eigenvalue weighted by Crippen LogP contribution is -2.35. The van der Waals surface area contributed by atoms with E-state index >= 15 is 0 Å². The fourth-order valence-corrected chi connectivity index (χ4v) is 1.61. The average Bonchev–Trinajstić information content (AvgIpc) is 2.16. The largest absolute Gasteiger partial charge is 0.481 e. The molecule has 1 unspecified atom stereocenters. The molecule has 5 nitrogen and oxygen atoms in total. The fourth-order valence-electron chi connectivity index (χ4n) is 0.988. The summed E-state index contributed by atoms with van der Waals surface area (Å²) in [5.74, 6) is -0.341. The number of hydrogen-bond acceptors (Lipinski definition) is 3. The van der Waals surface area contributed by atoms with Crippen LogP contribution in [0.3, 0.4) is 0 Å². The van der Waals surface area contributed by atoms with Crippen molar-refractivity contribution >= 4 is 22.7 Å². The van der Waals surface area contributed by atoms with Crippen LogP contribution in [-0.2, 0) is 20.4 Å². The van der Waals surface area contributed by atoms with Gasteiger partial charge in [-0.05, 0) is 13.8 Å². The predicted molar refractivity (Wildman–Crippen MR) is 62.6 cm³/mol. The van der Waals surface area contributed by atoms with Crippen molar-refractivity contribution in [1.82, 2.24) is 5.32 Å². The van der Waals surface area contributed by atoms with Crippen molar-refractivity contribution in [3.8, 4) is 0 Å². The lowest BCUT2D eigenvalue weighted by molar-refractivity contribution is -0.149. The predicted octanol–water partition coefficient (Wildman–Crippen LogP) is 0.372. The van der Waals surface area contributed by atoms with E-state index in [2.05, 4.69) is 5.32 Å². The molecule has 0 aromatic rings. The van der Waals surface area contributed by atoms with E-state index in [-0.39, 0.29) is 12.3 Å². The molecular weight excluding hydrogens is 230 g/mol. The molecule has 0 radical (unpaired) electrons. The highest BCUT2D eigenvalue weighted by Crippen LogP contribution is 2.19. The van der Waals surface area contributed by atoms with Gasteiger partial charge in [0.25, 0.3) is 0 Å². The molecule has 0 spiro atoms. The van der Waals surface area contributed by atoms with Crippen molar-refractivity contribution in [1.29, 1.82) is 0 Å². The minimum Gasteiger partial charge on any atom is -0.481 e. The first-order chi connectivity index (χ1) is 7.29. The molecular formula is C10H19NO4S. The topological polar surface area (TPSA) is 83.5 Å². The molecule has 0 fully saturated rings. The second kappa shape index (κ2) is 6.62. The van der Waals surface area contributed by atoms with Gasteiger partial charge >= 0.3 is 5.97 Å². The molecule has 0 aromatic heterocycles. The summed E-state index contributed by atoms with van der Waals surface area (Å²) in [6, 6.07) is 0. The molecule has 0 saturated heterocycles. The fraction of sp³-hybridized carbons (Fsp3) is 0.800. The third-order valence-corrected chi connectivity index (χ3v) is 3.46. The van der Waals surface area contributed by atoms with Crippen LogP contribution in [-0.4, -0.2) is 39.2 Å². The summed E-state index contributed by atoms with van der Waals surface area (Å²) >= 11 is 0. The van der Waals surface area contributed by atoms with E-state index in [1.54, 1.807) is 0 Å². The average molecular weight is 249 g/mol. The molecule has 0 aromatic carbocycles. The van der Waals surface area contributed by atoms with Crippen molar-refractivity contribution < 1.29 is 18.9 Å². The van der Waals surface area contributed by atoms with Crippen LogP contribution in [0.1, 0.15) is 27.2 Å². The molecule has 1 amide bonds. The van der Waals surface area contributed by atoms with E-state index in [4.69, 9.17) is 5.11 Å². The SMILES string of the molecule is CCS(=O)CCNC(=O)CC(C)(C)C(=O)O. The van der Waals surface area contributed by atoms with Gasteiger partial charge in [0.05, 0.1) is 5.41 Å². The van der Waals surface area contributed by atoms with Gasteiger partial charge in [-0.25, -0.2) is 0 Å². The molecule has 2 N–H and O–H groups in total. The molecule has 0 bridgehead atoms. The van der Waals surface area contributed by atoms with Gasteiger partial charge < -0.3 is 10.4 Å². The van der Waals surface area contributed by atoms with Crippen molar-refractivity contribution in [2.75, 3.05) is 18.1 Å². The number of amides is 1. The van der Waals surface area contributed by atoms with Crippen LogP contribution in [0.15, 0.2) is 0 Å². The maximum atomic E-state index is 11.4. The standard InChI is InChI=1S/C10H19NO4S/c1-4-16(15)6-5-11-8(12)7-10(2,3)9(13)14/h4-7H2,1-3H3,(H,11,12)(H,13,14). The highest BCUT2D eigenvalue weighted by atomic mass is 32.2. The molecule has 1 atom stereocenters. The van der Waals surface area contributed by atoms with Crippen molar-refractivity contribution in [3.63, 3.8) is 0 Å². The van der Waals surface area contributed by atoms with Crippen LogP contribution < -0.4 is 5.32 Å². The quantitative estimate of drug-likeness (QED) is 0.683. The first-order valence-corrected chi connectivity index (χ1v) is 6.63. The summed E-state index contributed by atoms with van der Waals surface area (Å²) in [5.41, 5.74) is -1.06. The normalized spacial score (nSPS) is 13.2. The summed E-state index contributed by atoms with van der Waals surface area (Å²) in [6.45, 7) is 5.14. The number of nitrogens with one attached hydrogen (secondary N) is 1. The van der Waals surface area contributed by atoms with Gasteiger partial charge in [-0.2, -0.15) is 0 Å². The van der Waals surface area contributed by atoms with E-state index in [1.807, 2.05) is 6.92 Å². The van der Waals surface area contributed by atoms with Crippen molar-refractivity contribution in [2.45, 2.75) is 27.2 Å². The Kier molecular flexibility index (Phi) is 6.25. The first kappa shape index (κ1) is 15.1. The Morgan fingerprint density at radius 2 is 1.94 bits per heavy atom. The third-order valence-electron chi connectivity index (χ3n) is 2.16.